The molecule has 0 spiro atoms. The fourth-order valence-corrected chi connectivity index (χ4v) is 5.62. The molecule has 2 saturated carbocycles. The Morgan fingerprint density at radius 2 is 1.29 bits per heavy atom. The molecule has 0 aromatic heterocycles. The molecule has 2 aromatic carbocycles. The molecule has 1 heterocycles. The standard InChI is InChI=1S/C24H21NO3/c1-13-2-6-15(7-3-13)28-16-8-4-14(5-9-16)25-23(26)21-17-10-11-18(20-12-19(17)20)22(21)24(25)27/h2-11,17-22H,12H2,1H3/t17-,18-,19-,20-,21+,22+/m0/s1. The molecule has 2 amide bonds. The van der Waals surface area contributed by atoms with Crippen molar-refractivity contribution in [2.24, 2.45) is 35.5 Å². The van der Waals surface area contributed by atoms with Gasteiger partial charge in [0.2, 0.25) is 11.8 Å². The number of carbonyl (C=O) groups excluding carboxylic acids is 2. The number of ether oxygens (including phenoxy) is 1. The molecular formula is C24H21NO3. The van der Waals surface area contributed by atoms with Gasteiger partial charge in [-0.2, -0.15) is 0 Å². The third kappa shape index (κ3) is 2.17. The van der Waals surface area contributed by atoms with E-state index in [0.717, 1.165) is 5.75 Å². The topological polar surface area (TPSA) is 46.6 Å². The maximum absolute atomic E-state index is 13.2. The molecule has 0 N–H and O–H groups in total. The average molecular weight is 371 g/mol. The first kappa shape index (κ1) is 16.1. The SMILES string of the molecule is Cc1ccc(Oc2ccc(N3C(=O)[C@@H]4[C@H]5C=C[C@@H]([C@@H]6C[C@@H]56)[C@H]4C3=O)cc2)cc1. The number of carbonyl (C=O) groups is 2. The van der Waals surface area contributed by atoms with Crippen LogP contribution in [0, 0.1) is 42.4 Å². The van der Waals surface area contributed by atoms with Gasteiger partial charge in [0.05, 0.1) is 17.5 Å². The van der Waals surface area contributed by atoms with E-state index in [9.17, 15) is 9.59 Å². The number of allylic oxidation sites excluding steroid dienone is 2. The molecule has 0 radical (unpaired) electrons. The number of nitrogens with zero attached hydrogens (tertiary/aromatic N) is 1. The van der Waals surface area contributed by atoms with Crippen LogP contribution < -0.4 is 9.64 Å². The number of rotatable bonds is 3. The maximum atomic E-state index is 13.2. The van der Waals surface area contributed by atoms with Gasteiger partial charge in [0.15, 0.2) is 0 Å². The molecule has 3 fully saturated rings. The largest absolute Gasteiger partial charge is 0.457 e. The second-order valence-electron chi connectivity index (χ2n) is 8.58. The normalized spacial score (nSPS) is 34.4. The number of benzene rings is 2. The lowest BCUT2D eigenvalue weighted by Gasteiger charge is -2.37. The van der Waals surface area contributed by atoms with Crippen LogP contribution in [0.5, 0.6) is 11.5 Å². The smallest absolute Gasteiger partial charge is 0.238 e. The number of imide groups is 1. The summed E-state index contributed by atoms with van der Waals surface area (Å²) < 4.78 is 5.86. The lowest BCUT2D eigenvalue weighted by atomic mass is 9.63. The molecule has 4 heteroatoms. The van der Waals surface area contributed by atoms with Crippen molar-refractivity contribution in [3.05, 3.63) is 66.2 Å². The third-order valence-corrected chi connectivity index (χ3v) is 7.01. The Morgan fingerprint density at radius 3 is 1.82 bits per heavy atom. The van der Waals surface area contributed by atoms with Gasteiger partial charge >= 0.3 is 0 Å². The van der Waals surface area contributed by atoms with Crippen molar-refractivity contribution in [3.63, 3.8) is 0 Å². The summed E-state index contributed by atoms with van der Waals surface area (Å²) in [5, 5.41) is 0. The third-order valence-electron chi connectivity index (χ3n) is 7.01. The van der Waals surface area contributed by atoms with E-state index < -0.39 is 0 Å². The second-order valence-corrected chi connectivity index (χ2v) is 8.58. The van der Waals surface area contributed by atoms with Crippen LogP contribution in [0.3, 0.4) is 0 Å². The van der Waals surface area contributed by atoms with Gasteiger partial charge in [-0.05, 0) is 73.4 Å². The molecule has 6 atom stereocenters. The molecular weight excluding hydrogens is 350 g/mol. The molecule has 1 aliphatic heterocycles. The molecule has 140 valence electrons. The van der Waals surface area contributed by atoms with Crippen LogP contribution in [0.4, 0.5) is 5.69 Å². The van der Waals surface area contributed by atoms with Gasteiger partial charge in [0.25, 0.3) is 0 Å². The summed E-state index contributed by atoms with van der Waals surface area (Å²) in [6.07, 6.45) is 5.58. The van der Waals surface area contributed by atoms with E-state index in [1.54, 1.807) is 0 Å². The Morgan fingerprint density at radius 1 is 0.786 bits per heavy atom. The molecule has 2 bridgehead atoms. The first-order valence-corrected chi connectivity index (χ1v) is 10.0. The highest BCUT2D eigenvalue weighted by atomic mass is 16.5. The Labute approximate surface area is 163 Å². The molecule has 7 rings (SSSR count). The van der Waals surface area contributed by atoms with E-state index in [-0.39, 0.29) is 35.5 Å². The van der Waals surface area contributed by atoms with Crippen molar-refractivity contribution in [2.75, 3.05) is 4.90 Å². The molecule has 2 aromatic rings. The summed E-state index contributed by atoms with van der Waals surface area (Å²) in [5.41, 5.74) is 1.82. The summed E-state index contributed by atoms with van der Waals surface area (Å²) >= 11 is 0. The van der Waals surface area contributed by atoms with E-state index in [2.05, 4.69) is 12.2 Å². The molecule has 1 saturated heterocycles. The zero-order valence-corrected chi connectivity index (χ0v) is 15.6. The average Bonchev–Trinajstić information content (AvgIpc) is 3.49. The summed E-state index contributed by atoms with van der Waals surface area (Å²) in [6, 6.07) is 15.1. The maximum Gasteiger partial charge on any atom is 0.238 e. The number of hydrogen-bond donors (Lipinski definition) is 0. The van der Waals surface area contributed by atoms with Crippen LogP contribution in [0.15, 0.2) is 60.7 Å². The van der Waals surface area contributed by atoms with E-state index in [0.29, 0.717) is 23.3 Å². The fourth-order valence-electron chi connectivity index (χ4n) is 5.62. The van der Waals surface area contributed by atoms with Crippen molar-refractivity contribution in [1.29, 1.82) is 0 Å². The monoisotopic (exact) mass is 371 g/mol. The number of anilines is 1. The molecule has 28 heavy (non-hydrogen) atoms. The summed E-state index contributed by atoms with van der Waals surface area (Å²) in [5.74, 6) is 2.85. The molecule has 5 aliphatic rings. The highest BCUT2D eigenvalue weighted by molar-refractivity contribution is 6.22. The minimum absolute atomic E-state index is 0.0214. The van der Waals surface area contributed by atoms with Gasteiger partial charge in [-0.3, -0.25) is 14.5 Å². The molecule has 4 nitrogen and oxygen atoms in total. The first-order chi connectivity index (χ1) is 13.6. The van der Waals surface area contributed by atoms with Gasteiger partial charge in [0.1, 0.15) is 11.5 Å². The lowest BCUT2D eigenvalue weighted by molar-refractivity contribution is -0.124. The predicted molar refractivity (Wildman–Crippen MR) is 105 cm³/mol. The van der Waals surface area contributed by atoms with Gasteiger partial charge in [0, 0.05) is 0 Å². The Balaban J connectivity index is 1.26. The van der Waals surface area contributed by atoms with Crippen LogP contribution in [0.1, 0.15) is 12.0 Å². The quantitative estimate of drug-likeness (QED) is 0.595. The molecule has 0 unspecified atom stereocenters. The van der Waals surface area contributed by atoms with Crippen molar-refractivity contribution in [1.82, 2.24) is 0 Å². The fraction of sp³-hybridized carbons (Fsp3) is 0.333. The van der Waals surface area contributed by atoms with Crippen molar-refractivity contribution < 1.29 is 14.3 Å². The van der Waals surface area contributed by atoms with Crippen LogP contribution in [-0.4, -0.2) is 11.8 Å². The van der Waals surface area contributed by atoms with Gasteiger partial charge in [-0.1, -0.05) is 29.8 Å². The van der Waals surface area contributed by atoms with E-state index in [4.69, 9.17) is 4.74 Å². The van der Waals surface area contributed by atoms with Crippen molar-refractivity contribution in [2.45, 2.75) is 13.3 Å². The van der Waals surface area contributed by atoms with Crippen LogP contribution >= 0.6 is 0 Å². The van der Waals surface area contributed by atoms with Crippen molar-refractivity contribution in [3.8, 4) is 11.5 Å². The number of aryl methyl sites for hydroxylation is 1. The lowest BCUT2D eigenvalue weighted by Crippen LogP contribution is -2.40. The van der Waals surface area contributed by atoms with Gasteiger partial charge in [-0.15, -0.1) is 0 Å². The minimum Gasteiger partial charge on any atom is -0.457 e. The number of hydrogen-bond acceptors (Lipinski definition) is 3. The predicted octanol–water partition coefficient (Wildman–Crippen LogP) is 4.34. The zero-order valence-electron chi connectivity index (χ0n) is 15.6. The Kier molecular flexibility index (Phi) is 3.20. The zero-order chi connectivity index (χ0) is 19.0. The highest BCUT2D eigenvalue weighted by Gasteiger charge is 2.67. The van der Waals surface area contributed by atoms with Gasteiger partial charge in [-0.25, -0.2) is 0 Å². The number of amides is 2. The van der Waals surface area contributed by atoms with Crippen LogP contribution in [0.2, 0.25) is 0 Å². The van der Waals surface area contributed by atoms with Gasteiger partial charge < -0.3 is 4.74 Å². The summed E-state index contributed by atoms with van der Waals surface area (Å²) in [7, 11) is 0. The van der Waals surface area contributed by atoms with E-state index in [1.807, 2.05) is 55.5 Å². The summed E-state index contributed by atoms with van der Waals surface area (Å²) in [4.78, 5) is 27.7. The summed E-state index contributed by atoms with van der Waals surface area (Å²) in [6.45, 7) is 2.03. The highest BCUT2D eigenvalue weighted by Crippen LogP contribution is 2.65. The second kappa shape index (κ2) is 5.57. The first-order valence-electron chi connectivity index (χ1n) is 10.0. The van der Waals surface area contributed by atoms with E-state index >= 15 is 0 Å². The molecule has 4 aliphatic carbocycles. The Hall–Kier alpha value is -2.88. The Bertz CT molecular complexity index is 971. The minimum atomic E-state index is -0.158. The van der Waals surface area contributed by atoms with Crippen LogP contribution in [-0.2, 0) is 9.59 Å². The van der Waals surface area contributed by atoms with Crippen LogP contribution in [0.25, 0.3) is 0 Å². The van der Waals surface area contributed by atoms with E-state index in [1.165, 1.54) is 16.9 Å². The van der Waals surface area contributed by atoms with Crippen molar-refractivity contribution >= 4 is 17.5 Å².